The highest BCUT2D eigenvalue weighted by molar-refractivity contribution is 5.71. The molecule has 0 saturated carbocycles. The number of hydrogen-bond acceptors (Lipinski definition) is 6. The molecule has 1 unspecified atom stereocenters. The van der Waals surface area contributed by atoms with Crippen molar-refractivity contribution in [3.05, 3.63) is 72.9 Å². The normalized spacial score (nSPS) is 12.5. The topological polar surface area (TPSA) is 78.9 Å². The molecule has 0 aromatic heterocycles. The summed E-state index contributed by atoms with van der Waals surface area (Å²) in [5, 5.41) is 0. The zero-order valence-corrected chi connectivity index (χ0v) is 47.0. The first-order valence-corrected chi connectivity index (χ1v) is 30.4. The van der Waals surface area contributed by atoms with E-state index in [1.165, 1.54) is 167 Å². The Morgan fingerprint density at radius 2 is 0.549 bits per heavy atom. The number of carbonyl (C=O) groups is 3. The van der Waals surface area contributed by atoms with Gasteiger partial charge in [-0.25, -0.2) is 0 Å². The van der Waals surface area contributed by atoms with E-state index in [9.17, 15) is 14.4 Å². The number of unbranched alkanes of at least 4 members (excludes halogenated alkanes) is 32. The van der Waals surface area contributed by atoms with Gasteiger partial charge in [-0.2, -0.15) is 0 Å². The molecule has 0 fully saturated rings. The first-order chi connectivity index (χ1) is 35.0. The first-order valence-electron chi connectivity index (χ1n) is 30.4. The van der Waals surface area contributed by atoms with E-state index < -0.39 is 6.10 Å². The molecule has 0 spiro atoms. The fourth-order valence-corrected chi connectivity index (χ4v) is 8.60. The van der Waals surface area contributed by atoms with Gasteiger partial charge in [0, 0.05) is 19.3 Å². The van der Waals surface area contributed by atoms with Gasteiger partial charge in [-0.1, -0.05) is 248 Å². The van der Waals surface area contributed by atoms with Crippen LogP contribution in [-0.4, -0.2) is 37.2 Å². The summed E-state index contributed by atoms with van der Waals surface area (Å²) in [6, 6.07) is 0. The van der Waals surface area contributed by atoms with Gasteiger partial charge in [-0.3, -0.25) is 14.4 Å². The van der Waals surface area contributed by atoms with Crippen molar-refractivity contribution < 1.29 is 28.6 Å². The zero-order chi connectivity index (χ0) is 51.4. The summed E-state index contributed by atoms with van der Waals surface area (Å²) in [6.45, 7) is 6.52. The van der Waals surface area contributed by atoms with Crippen LogP contribution in [0.3, 0.4) is 0 Å². The summed E-state index contributed by atoms with van der Waals surface area (Å²) < 4.78 is 16.9. The Labute approximate surface area is 440 Å². The van der Waals surface area contributed by atoms with Crippen LogP contribution in [0.5, 0.6) is 0 Å². The minimum atomic E-state index is -0.791. The van der Waals surface area contributed by atoms with Crippen LogP contribution in [0.1, 0.15) is 303 Å². The van der Waals surface area contributed by atoms with Crippen molar-refractivity contribution in [2.24, 2.45) is 0 Å². The fraction of sp³-hybridized carbons (Fsp3) is 0.769. The number of hydrogen-bond donors (Lipinski definition) is 0. The van der Waals surface area contributed by atoms with Crippen molar-refractivity contribution in [2.45, 2.75) is 309 Å². The Morgan fingerprint density at radius 1 is 0.296 bits per heavy atom. The average molecular weight is 992 g/mol. The van der Waals surface area contributed by atoms with Crippen LogP contribution in [0.25, 0.3) is 0 Å². The van der Waals surface area contributed by atoms with Crippen molar-refractivity contribution in [2.75, 3.05) is 13.2 Å². The standard InChI is InChI=1S/C65H114O6/c1-4-7-10-13-16-19-22-25-28-31-34-37-40-43-46-49-52-55-58-64(67)70-61-62(60-69-63(66)57-54-51-48-45-42-39-36-33-30-27-24-21-18-15-12-9-6-3)71-65(68)59-56-53-50-47-44-41-38-35-32-29-26-23-20-17-14-11-8-5-2/h9,12,18,21,27-32,36,39,62H,4-8,10-11,13-17,19-20,22-26,33-35,37-38,40-61H2,1-3H3/b12-9-,21-18-,30-27-,31-28-,32-29-,39-36-. The number of rotatable bonds is 55. The number of allylic oxidation sites excluding steroid dienone is 12. The van der Waals surface area contributed by atoms with Gasteiger partial charge in [-0.15, -0.1) is 0 Å². The van der Waals surface area contributed by atoms with Gasteiger partial charge in [0.1, 0.15) is 13.2 Å². The Morgan fingerprint density at radius 3 is 0.873 bits per heavy atom. The molecule has 0 aromatic carbocycles. The van der Waals surface area contributed by atoms with E-state index in [4.69, 9.17) is 14.2 Å². The summed E-state index contributed by atoms with van der Waals surface area (Å²) in [6.07, 6.45) is 76.1. The molecule has 0 bridgehead atoms. The maximum Gasteiger partial charge on any atom is 0.306 e. The Balaban J connectivity index is 4.42. The van der Waals surface area contributed by atoms with Crippen molar-refractivity contribution in [3.63, 3.8) is 0 Å². The second-order valence-electron chi connectivity index (χ2n) is 20.2. The van der Waals surface area contributed by atoms with E-state index in [2.05, 4.69) is 93.7 Å². The lowest BCUT2D eigenvalue weighted by Crippen LogP contribution is -2.30. The molecular weight excluding hydrogens is 877 g/mol. The maximum atomic E-state index is 12.9. The van der Waals surface area contributed by atoms with Crippen LogP contribution in [0.2, 0.25) is 0 Å². The van der Waals surface area contributed by atoms with Crippen LogP contribution >= 0.6 is 0 Å². The second kappa shape index (κ2) is 59.4. The lowest BCUT2D eigenvalue weighted by Gasteiger charge is -2.18. The number of ether oxygens (including phenoxy) is 3. The molecule has 0 aromatic rings. The van der Waals surface area contributed by atoms with E-state index in [1.807, 2.05) is 0 Å². The molecule has 6 heteroatoms. The third kappa shape index (κ3) is 57.6. The van der Waals surface area contributed by atoms with Crippen LogP contribution in [0.4, 0.5) is 0 Å². The van der Waals surface area contributed by atoms with Crippen molar-refractivity contribution in [3.8, 4) is 0 Å². The Kier molecular flexibility index (Phi) is 56.8. The van der Waals surface area contributed by atoms with Gasteiger partial charge >= 0.3 is 17.9 Å². The number of carbonyl (C=O) groups excluding carboxylic acids is 3. The highest BCUT2D eigenvalue weighted by Gasteiger charge is 2.19. The van der Waals surface area contributed by atoms with E-state index in [0.717, 1.165) is 96.3 Å². The van der Waals surface area contributed by atoms with Gasteiger partial charge < -0.3 is 14.2 Å². The van der Waals surface area contributed by atoms with E-state index in [1.54, 1.807) is 0 Å². The van der Waals surface area contributed by atoms with Crippen molar-refractivity contribution >= 4 is 17.9 Å². The van der Waals surface area contributed by atoms with Gasteiger partial charge in [0.2, 0.25) is 0 Å². The lowest BCUT2D eigenvalue weighted by molar-refractivity contribution is -0.167. The van der Waals surface area contributed by atoms with Crippen LogP contribution < -0.4 is 0 Å². The highest BCUT2D eigenvalue weighted by atomic mass is 16.6. The van der Waals surface area contributed by atoms with Crippen LogP contribution in [0, 0.1) is 0 Å². The summed E-state index contributed by atoms with van der Waals surface area (Å²) in [5.74, 6) is -0.908. The molecule has 0 radical (unpaired) electrons. The van der Waals surface area contributed by atoms with E-state index >= 15 is 0 Å². The summed E-state index contributed by atoms with van der Waals surface area (Å²) in [4.78, 5) is 38.3. The maximum absolute atomic E-state index is 12.9. The summed E-state index contributed by atoms with van der Waals surface area (Å²) in [7, 11) is 0. The largest absolute Gasteiger partial charge is 0.462 e. The highest BCUT2D eigenvalue weighted by Crippen LogP contribution is 2.15. The molecule has 0 N–H and O–H groups in total. The molecule has 6 nitrogen and oxygen atoms in total. The van der Waals surface area contributed by atoms with Gasteiger partial charge in [0.25, 0.3) is 0 Å². The Hall–Kier alpha value is -3.15. The fourth-order valence-electron chi connectivity index (χ4n) is 8.60. The third-order valence-corrected chi connectivity index (χ3v) is 13.2. The summed E-state index contributed by atoms with van der Waals surface area (Å²) in [5.41, 5.74) is 0. The molecule has 0 rings (SSSR count). The lowest BCUT2D eigenvalue weighted by atomic mass is 10.1. The minimum Gasteiger partial charge on any atom is -0.462 e. The molecule has 0 amide bonds. The van der Waals surface area contributed by atoms with Crippen LogP contribution in [-0.2, 0) is 28.6 Å². The quantitative estimate of drug-likeness (QED) is 0.0261. The summed E-state index contributed by atoms with van der Waals surface area (Å²) >= 11 is 0. The van der Waals surface area contributed by atoms with Gasteiger partial charge in [-0.05, 0) is 109 Å². The molecule has 1 atom stereocenters. The molecule has 410 valence electrons. The molecule has 0 heterocycles. The van der Waals surface area contributed by atoms with Gasteiger partial charge in [0.05, 0.1) is 0 Å². The minimum absolute atomic E-state index is 0.0864. The molecular formula is C65H114O6. The Bertz CT molecular complexity index is 1320. The zero-order valence-electron chi connectivity index (χ0n) is 47.0. The van der Waals surface area contributed by atoms with E-state index in [0.29, 0.717) is 19.3 Å². The average Bonchev–Trinajstić information content (AvgIpc) is 3.37. The smallest absolute Gasteiger partial charge is 0.306 e. The van der Waals surface area contributed by atoms with Crippen molar-refractivity contribution in [1.29, 1.82) is 0 Å². The van der Waals surface area contributed by atoms with E-state index in [-0.39, 0.29) is 31.1 Å². The predicted octanol–water partition coefficient (Wildman–Crippen LogP) is 20.5. The monoisotopic (exact) mass is 991 g/mol. The molecule has 0 aliphatic carbocycles. The number of esters is 3. The molecule has 0 aliphatic rings. The predicted molar refractivity (Wildman–Crippen MR) is 307 cm³/mol. The first kappa shape index (κ1) is 67.8. The molecule has 71 heavy (non-hydrogen) atoms. The van der Waals surface area contributed by atoms with Crippen molar-refractivity contribution in [1.82, 2.24) is 0 Å². The SMILES string of the molecule is CC/C=C\C/C=C\C/C=C\C/C=C\CCCCCCC(=O)OCC(COC(=O)CCCCCCCCC/C=C\CCCCCCCCC)OC(=O)CCCCCCCCC/C=C\CCCCCCCCC. The molecule has 0 aliphatic heterocycles. The third-order valence-electron chi connectivity index (χ3n) is 13.2. The van der Waals surface area contributed by atoms with Gasteiger partial charge in [0.15, 0.2) is 6.10 Å². The second-order valence-corrected chi connectivity index (χ2v) is 20.2. The van der Waals surface area contributed by atoms with Crippen LogP contribution in [0.15, 0.2) is 72.9 Å². The molecule has 0 saturated heterocycles.